The molecule has 0 radical (unpaired) electrons. The van der Waals surface area contributed by atoms with Gasteiger partial charge in [-0.2, -0.15) is 0 Å². The molecular formula is C14H13Cl2N. The van der Waals surface area contributed by atoms with Gasteiger partial charge in [-0.15, -0.1) is 11.6 Å². The van der Waals surface area contributed by atoms with E-state index in [0.717, 1.165) is 12.0 Å². The number of halogens is 2. The quantitative estimate of drug-likeness (QED) is 0.575. The van der Waals surface area contributed by atoms with Crippen molar-refractivity contribution in [2.45, 2.75) is 11.3 Å². The van der Waals surface area contributed by atoms with Gasteiger partial charge in [0.25, 0.3) is 0 Å². The molecule has 0 amide bonds. The van der Waals surface area contributed by atoms with Gasteiger partial charge < -0.3 is 0 Å². The Morgan fingerprint density at radius 2 is 2.00 bits per heavy atom. The van der Waals surface area contributed by atoms with E-state index in [-0.39, 0.29) is 0 Å². The molecule has 17 heavy (non-hydrogen) atoms. The molecule has 1 aliphatic carbocycles. The Kier molecular flexibility index (Phi) is 4.03. The van der Waals surface area contributed by atoms with Crippen LogP contribution >= 0.6 is 23.2 Å². The smallest absolute Gasteiger partial charge is 0.130 e. The maximum atomic E-state index is 6.40. The van der Waals surface area contributed by atoms with Crippen LogP contribution in [0.15, 0.2) is 59.6 Å². The molecule has 1 atom stereocenters. The minimum atomic E-state index is -0.427. The van der Waals surface area contributed by atoms with E-state index in [1.807, 2.05) is 54.6 Å². The molecule has 0 spiro atoms. The lowest BCUT2D eigenvalue weighted by Crippen LogP contribution is -2.23. The fourth-order valence-electron chi connectivity index (χ4n) is 1.62. The van der Waals surface area contributed by atoms with Gasteiger partial charge in [0, 0.05) is 5.56 Å². The first-order valence-electron chi connectivity index (χ1n) is 5.48. The van der Waals surface area contributed by atoms with Crippen molar-refractivity contribution >= 4 is 28.4 Å². The molecule has 0 saturated heterocycles. The molecule has 1 unspecified atom stereocenters. The highest BCUT2D eigenvalue weighted by atomic mass is 35.5. The van der Waals surface area contributed by atoms with Crippen molar-refractivity contribution in [3.05, 3.63) is 60.2 Å². The largest absolute Gasteiger partial charge is 0.270 e. The van der Waals surface area contributed by atoms with Crippen molar-refractivity contribution in [1.29, 1.82) is 0 Å². The van der Waals surface area contributed by atoms with Crippen molar-refractivity contribution < 1.29 is 0 Å². The Morgan fingerprint density at radius 1 is 1.24 bits per heavy atom. The third-order valence-corrected chi connectivity index (χ3v) is 3.33. The van der Waals surface area contributed by atoms with Crippen molar-refractivity contribution in [2.75, 3.05) is 6.54 Å². The fraction of sp³-hybridized carbons (Fsp3) is 0.214. The zero-order chi connectivity index (χ0) is 12.1. The van der Waals surface area contributed by atoms with Gasteiger partial charge in [-0.1, -0.05) is 66.2 Å². The van der Waals surface area contributed by atoms with E-state index in [1.54, 1.807) is 0 Å². The van der Waals surface area contributed by atoms with Gasteiger partial charge in [0.15, 0.2) is 0 Å². The molecule has 0 aromatic heterocycles. The minimum absolute atomic E-state index is 0.427. The van der Waals surface area contributed by atoms with Crippen LogP contribution in [0.1, 0.15) is 12.0 Å². The molecule has 0 bridgehead atoms. The first-order valence-corrected chi connectivity index (χ1v) is 6.24. The van der Waals surface area contributed by atoms with Crippen LogP contribution < -0.4 is 0 Å². The average molecular weight is 266 g/mol. The second-order valence-electron chi connectivity index (χ2n) is 4.00. The van der Waals surface area contributed by atoms with E-state index in [2.05, 4.69) is 4.99 Å². The Labute approximate surface area is 111 Å². The van der Waals surface area contributed by atoms with Crippen molar-refractivity contribution in [1.82, 2.24) is 0 Å². The zero-order valence-corrected chi connectivity index (χ0v) is 10.8. The molecule has 0 fully saturated rings. The first kappa shape index (κ1) is 12.4. The number of hydrogen-bond donors (Lipinski definition) is 0. The van der Waals surface area contributed by atoms with E-state index >= 15 is 0 Å². The Balaban J connectivity index is 2.06. The molecule has 0 N–H and O–H groups in total. The Hall–Kier alpha value is -1.05. The molecule has 1 aliphatic rings. The molecule has 2 rings (SSSR count). The average Bonchev–Trinajstić information content (AvgIpc) is 2.38. The van der Waals surface area contributed by atoms with Gasteiger partial charge in [0.2, 0.25) is 0 Å². The third kappa shape index (κ3) is 3.45. The van der Waals surface area contributed by atoms with Crippen molar-refractivity contribution in [3.63, 3.8) is 0 Å². The van der Waals surface area contributed by atoms with Crippen LogP contribution in [0, 0.1) is 0 Å². The Morgan fingerprint density at radius 3 is 2.65 bits per heavy atom. The van der Waals surface area contributed by atoms with Gasteiger partial charge in [0.1, 0.15) is 5.17 Å². The molecule has 1 aromatic carbocycles. The maximum Gasteiger partial charge on any atom is 0.130 e. The molecule has 3 heteroatoms. The highest BCUT2D eigenvalue weighted by Gasteiger charge is 2.23. The second kappa shape index (κ2) is 5.52. The summed E-state index contributed by atoms with van der Waals surface area (Å²) in [4.78, 5) is 3.93. The predicted molar refractivity (Wildman–Crippen MR) is 75.2 cm³/mol. The summed E-state index contributed by atoms with van der Waals surface area (Å²) in [5, 5.41) is 0.508. The summed E-state index contributed by atoms with van der Waals surface area (Å²) in [6.45, 7) is 0.489. The zero-order valence-electron chi connectivity index (χ0n) is 9.31. The molecule has 1 nitrogen and oxygen atoms in total. The molecule has 88 valence electrons. The van der Waals surface area contributed by atoms with E-state index < -0.39 is 4.87 Å². The number of aliphatic imine (C=N–C) groups is 1. The van der Waals surface area contributed by atoms with Crippen molar-refractivity contribution in [2.24, 2.45) is 4.99 Å². The topological polar surface area (TPSA) is 12.4 Å². The van der Waals surface area contributed by atoms with E-state index in [1.165, 1.54) is 0 Å². The number of allylic oxidation sites excluding steroid dienone is 3. The van der Waals surface area contributed by atoms with Crippen LogP contribution in [0.25, 0.3) is 0 Å². The van der Waals surface area contributed by atoms with Crippen LogP contribution in [-0.2, 0) is 0 Å². The number of rotatable bonds is 3. The van der Waals surface area contributed by atoms with Crippen LogP contribution in [0.5, 0.6) is 0 Å². The monoisotopic (exact) mass is 265 g/mol. The summed E-state index contributed by atoms with van der Waals surface area (Å²) in [6, 6.07) is 9.69. The summed E-state index contributed by atoms with van der Waals surface area (Å²) >= 11 is 12.5. The fourth-order valence-corrected chi connectivity index (χ4v) is 2.03. The van der Waals surface area contributed by atoms with Crippen molar-refractivity contribution in [3.8, 4) is 0 Å². The SMILES string of the molecule is ClC(=NCC1(Cl)C=CC=CC1)c1ccccc1. The van der Waals surface area contributed by atoms with Crippen LogP contribution in [-0.4, -0.2) is 16.6 Å². The first-order chi connectivity index (χ1) is 8.20. The van der Waals surface area contributed by atoms with E-state index in [0.29, 0.717) is 11.7 Å². The number of nitrogens with zero attached hydrogens (tertiary/aromatic N) is 1. The third-order valence-electron chi connectivity index (χ3n) is 2.59. The van der Waals surface area contributed by atoms with Gasteiger partial charge in [0.05, 0.1) is 11.4 Å². The lowest BCUT2D eigenvalue weighted by atomic mass is 10.0. The number of alkyl halides is 1. The van der Waals surface area contributed by atoms with Crippen LogP contribution in [0.3, 0.4) is 0 Å². The van der Waals surface area contributed by atoms with Gasteiger partial charge in [-0.05, 0) is 6.42 Å². The predicted octanol–water partition coefficient (Wildman–Crippen LogP) is 4.17. The number of benzene rings is 1. The maximum absolute atomic E-state index is 6.40. The van der Waals surface area contributed by atoms with Crippen LogP contribution in [0.2, 0.25) is 0 Å². The standard InChI is InChI=1S/C14H13Cl2N/c15-13(12-7-3-1-4-8-12)17-11-14(16)9-5-2-6-10-14/h1-9H,10-11H2. The van der Waals surface area contributed by atoms with Gasteiger partial charge >= 0.3 is 0 Å². The summed E-state index contributed by atoms with van der Waals surface area (Å²) < 4.78 is 0. The molecule has 0 saturated carbocycles. The summed E-state index contributed by atoms with van der Waals surface area (Å²) in [5.41, 5.74) is 0.921. The van der Waals surface area contributed by atoms with Crippen LogP contribution in [0.4, 0.5) is 0 Å². The van der Waals surface area contributed by atoms with Gasteiger partial charge in [-0.3, -0.25) is 4.99 Å². The highest BCUT2D eigenvalue weighted by Crippen LogP contribution is 2.26. The summed E-state index contributed by atoms with van der Waals surface area (Å²) in [7, 11) is 0. The summed E-state index contributed by atoms with van der Waals surface area (Å²) in [5.74, 6) is 0. The lowest BCUT2D eigenvalue weighted by molar-refractivity contribution is 0.714. The molecular weight excluding hydrogens is 253 g/mol. The van der Waals surface area contributed by atoms with E-state index in [9.17, 15) is 0 Å². The normalized spacial score (nSPS) is 24.0. The number of hydrogen-bond acceptors (Lipinski definition) is 1. The second-order valence-corrected chi connectivity index (χ2v) is 5.11. The highest BCUT2D eigenvalue weighted by molar-refractivity contribution is 6.69. The minimum Gasteiger partial charge on any atom is -0.270 e. The molecule has 0 aliphatic heterocycles. The lowest BCUT2D eigenvalue weighted by Gasteiger charge is -2.21. The summed E-state index contributed by atoms with van der Waals surface area (Å²) in [6.07, 6.45) is 8.73. The Bertz CT molecular complexity index is 462. The van der Waals surface area contributed by atoms with Gasteiger partial charge in [-0.25, -0.2) is 0 Å². The van der Waals surface area contributed by atoms with E-state index in [4.69, 9.17) is 23.2 Å². The molecule has 0 heterocycles. The molecule has 1 aromatic rings.